The number of para-hydroxylation sites is 1. The summed E-state index contributed by atoms with van der Waals surface area (Å²) in [6.07, 6.45) is 2.72. The Balaban J connectivity index is 1.86. The standard InChI is InChI=1S/C18H23N3O3/c1-13-10-21(14-7-5-4-6-8-14)19-17(13)18(22)20-11-16(24-3)9-15(20)12-23-2/h4-8,10,15-16H,9,11-12H2,1-3H3/t15-,16-/m0/s1. The maximum Gasteiger partial charge on any atom is 0.275 e. The third-order valence-electron chi connectivity index (χ3n) is 4.45. The second kappa shape index (κ2) is 7.15. The van der Waals surface area contributed by atoms with Crippen LogP contribution in [0.5, 0.6) is 0 Å². The van der Waals surface area contributed by atoms with Crippen LogP contribution in [0.2, 0.25) is 0 Å². The quantitative estimate of drug-likeness (QED) is 0.842. The largest absolute Gasteiger partial charge is 0.383 e. The zero-order valence-corrected chi connectivity index (χ0v) is 14.3. The molecular formula is C18H23N3O3. The zero-order valence-electron chi connectivity index (χ0n) is 14.3. The summed E-state index contributed by atoms with van der Waals surface area (Å²) in [6.45, 7) is 2.99. The van der Waals surface area contributed by atoms with Crippen molar-refractivity contribution >= 4 is 5.91 Å². The van der Waals surface area contributed by atoms with Gasteiger partial charge >= 0.3 is 0 Å². The number of hydrogen-bond acceptors (Lipinski definition) is 4. The van der Waals surface area contributed by atoms with E-state index in [0.717, 1.165) is 17.7 Å². The zero-order chi connectivity index (χ0) is 17.1. The molecule has 0 saturated carbocycles. The minimum Gasteiger partial charge on any atom is -0.383 e. The van der Waals surface area contributed by atoms with E-state index >= 15 is 0 Å². The summed E-state index contributed by atoms with van der Waals surface area (Å²) >= 11 is 0. The summed E-state index contributed by atoms with van der Waals surface area (Å²) in [6, 6.07) is 9.80. The Morgan fingerprint density at radius 2 is 2.04 bits per heavy atom. The number of carbonyl (C=O) groups is 1. The van der Waals surface area contributed by atoms with Crippen molar-refractivity contribution in [1.29, 1.82) is 0 Å². The molecule has 3 rings (SSSR count). The van der Waals surface area contributed by atoms with Crippen molar-refractivity contribution in [2.75, 3.05) is 27.4 Å². The first-order valence-electron chi connectivity index (χ1n) is 8.08. The number of aromatic nitrogens is 2. The van der Waals surface area contributed by atoms with Crippen LogP contribution in [-0.2, 0) is 9.47 Å². The molecule has 1 amide bonds. The smallest absolute Gasteiger partial charge is 0.275 e. The van der Waals surface area contributed by atoms with Crippen molar-refractivity contribution in [3.8, 4) is 5.69 Å². The molecule has 2 heterocycles. The van der Waals surface area contributed by atoms with Crippen molar-refractivity contribution < 1.29 is 14.3 Å². The van der Waals surface area contributed by atoms with Crippen LogP contribution >= 0.6 is 0 Å². The molecule has 0 unspecified atom stereocenters. The van der Waals surface area contributed by atoms with E-state index in [1.165, 1.54) is 0 Å². The highest BCUT2D eigenvalue weighted by atomic mass is 16.5. The van der Waals surface area contributed by atoms with Gasteiger partial charge in [0.25, 0.3) is 5.91 Å². The predicted octanol–water partition coefficient (Wildman–Crippen LogP) is 2.06. The number of amides is 1. The third-order valence-corrected chi connectivity index (χ3v) is 4.45. The van der Waals surface area contributed by atoms with Crippen molar-refractivity contribution in [3.63, 3.8) is 0 Å². The summed E-state index contributed by atoms with van der Waals surface area (Å²) in [5, 5.41) is 4.51. The van der Waals surface area contributed by atoms with Crippen LogP contribution in [0.1, 0.15) is 22.5 Å². The van der Waals surface area contributed by atoms with E-state index in [9.17, 15) is 4.79 Å². The molecule has 1 saturated heterocycles. The molecule has 1 aliphatic rings. The number of benzene rings is 1. The van der Waals surface area contributed by atoms with Gasteiger partial charge in [-0.3, -0.25) is 4.79 Å². The molecular weight excluding hydrogens is 306 g/mol. The first-order chi connectivity index (χ1) is 11.6. The van der Waals surface area contributed by atoms with E-state index in [1.54, 1.807) is 18.9 Å². The molecule has 0 aliphatic carbocycles. The Kier molecular flexibility index (Phi) is 4.97. The molecule has 6 heteroatoms. The topological polar surface area (TPSA) is 56.6 Å². The van der Waals surface area contributed by atoms with Gasteiger partial charge in [-0.15, -0.1) is 0 Å². The van der Waals surface area contributed by atoms with Gasteiger partial charge in [0.15, 0.2) is 5.69 Å². The molecule has 24 heavy (non-hydrogen) atoms. The molecule has 1 fully saturated rings. The lowest BCUT2D eigenvalue weighted by molar-refractivity contribution is 0.0605. The number of rotatable bonds is 5. The van der Waals surface area contributed by atoms with E-state index < -0.39 is 0 Å². The lowest BCUT2D eigenvalue weighted by Gasteiger charge is -2.23. The Hall–Kier alpha value is -2.18. The molecule has 2 aromatic rings. The Morgan fingerprint density at radius 1 is 1.29 bits per heavy atom. The summed E-state index contributed by atoms with van der Waals surface area (Å²) in [5.41, 5.74) is 2.28. The summed E-state index contributed by atoms with van der Waals surface area (Å²) in [7, 11) is 3.33. The van der Waals surface area contributed by atoms with Gasteiger partial charge in [-0.2, -0.15) is 5.10 Å². The van der Waals surface area contributed by atoms with Gasteiger partial charge in [-0.05, 0) is 25.5 Å². The average Bonchev–Trinajstić information content (AvgIpc) is 3.19. The minimum absolute atomic E-state index is 0.0220. The van der Waals surface area contributed by atoms with Crippen LogP contribution in [0.15, 0.2) is 36.5 Å². The number of likely N-dealkylation sites (tertiary alicyclic amines) is 1. The van der Waals surface area contributed by atoms with Crippen molar-refractivity contribution in [1.82, 2.24) is 14.7 Å². The van der Waals surface area contributed by atoms with Crippen molar-refractivity contribution in [3.05, 3.63) is 47.8 Å². The van der Waals surface area contributed by atoms with Gasteiger partial charge in [0.2, 0.25) is 0 Å². The molecule has 1 aliphatic heterocycles. The van der Waals surface area contributed by atoms with Crippen LogP contribution in [0.3, 0.4) is 0 Å². The summed E-state index contributed by atoms with van der Waals surface area (Å²) in [5.74, 6) is -0.0659. The lowest BCUT2D eigenvalue weighted by Crippen LogP contribution is -2.39. The first kappa shape index (κ1) is 16.7. The normalized spacial score (nSPS) is 20.5. The maximum atomic E-state index is 13.0. The lowest BCUT2D eigenvalue weighted by atomic mass is 10.2. The van der Waals surface area contributed by atoms with Crippen LogP contribution in [0.25, 0.3) is 5.69 Å². The van der Waals surface area contributed by atoms with Crippen LogP contribution in [0.4, 0.5) is 0 Å². The Bertz CT molecular complexity index is 699. The van der Waals surface area contributed by atoms with E-state index in [0.29, 0.717) is 18.8 Å². The summed E-state index contributed by atoms with van der Waals surface area (Å²) < 4.78 is 12.4. The van der Waals surface area contributed by atoms with Crippen LogP contribution < -0.4 is 0 Å². The Labute approximate surface area is 142 Å². The average molecular weight is 329 g/mol. The fourth-order valence-electron chi connectivity index (χ4n) is 3.16. The van der Waals surface area contributed by atoms with Crippen molar-refractivity contribution in [2.24, 2.45) is 0 Å². The Morgan fingerprint density at radius 3 is 2.71 bits per heavy atom. The molecule has 128 valence electrons. The van der Waals surface area contributed by atoms with E-state index in [-0.39, 0.29) is 18.1 Å². The van der Waals surface area contributed by atoms with Crippen molar-refractivity contribution in [2.45, 2.75) is 25.5 Å². The maximum absolute atomic E-state index is 13.0. The van der Waals surface area contributed by atoms with E-state index in [1.807, 2.05) is 48.4 Å². The number of ether oxygens (including phenoxy) is 2. The van der Waals surface area contributed by atoms with Gasteiger partial charge in [0, 0.05) is 32.5 Å². The molecule has 2 atom stereocenters. The number of methoxy groups -OCH3 is 2. The second-order valence-corrected chi connectivity index (χ2v) is 6.10. The highest BCUT2D eigenvalue weighted by Crippen LogP contribution is 2.23. The molecule has 1 aromatic carbocycles. The molecule has 0 N–H and O–H groups in total. The van der Waals surface area contributed by atoms with E-state index in [4.69, 9.17) is 9.47 Å². The molecule has 0 bridgehead atoms. The van der Waals surface area contributed by atoms with Gasteiger partial charge in [0.05, 0.1) is 24.4 Å². The third kappa shape index (κ3) is 3.20. The van der Waals surface area contributed by atoms with Crippen LogP contribution in [0, 0.1) is 6.92 Å². The molecule has 0 radical (unpaired) electrons. The monoisotopic (exact) mass is 329 g/mol. The highest BCUT2D eigenvalue weighted by Gasteiger charge is 2.37. The van der Waals surface area contributed by atoms with Crippen LogP contribution in [-0.4, -0.2) is 60.1 Å². The number of hydrogen-bond donors (Lipinski definition) is 0. The van der Waals surface area contributed by atoms with Gasteiger partial charge in [-0.1, -0.05) is 18.2 Å². The van der Waals surface area contributed by atoms with Gasteiger partial charge < -0.3 is 14.4 Å². The number of nitrogens with zero attached hydrogens (tertiary/aromatic N) is 3. The molecule has 6 nitrogen and oxygen atoms in total. The SMILES string of the molecule is COC[C@@H]1C[C@H](OC)CN1C(=O)c1nn(-c2ccccc2)cc1C. The predicted molar refractivity (Wildman–Crippen MR) is 90.4 cm³/mol. The highest BCUT2D eigenvalue weighted by molar-refractivity contribution is 5.94. The fourth-order valence-corrected chi connectivity index (χ4v) is 3.16. The number of carbonyl (C=O) groups excluding carboxylic acids is 1. The second-order valence-electron chi connectivity index (χ2n) is 6.10. The van der Waals surface area contributed by atoms with E-state index in [2.05, 4.69) is 5.10 Å². The summed E-state index contributed by atoms with van der Waals surface area (Å²) in [4.78, 5) is 14.8. The molecule has 1 aromatic heterocycles. The fraction of sp³-hybridized carbons (Fsp3) is 0.444. The first-order valence-corrected chi connectivity index (χ1v) is 8.08. The van der Waals surface area contributed by atoms with Gasteiger partial charge in [-0.25, -0.2) is 4.68 Å². The molecule has 0 spiro atoms. The minimum atomic E-state index is -0.0659. The van der Waals surface area contributed by atoms with Gasteiger partial charge in [0.1, 0.15) is 0 Å². The number of aryl methyl sites for hydroxylation is 1.